The molecule has 0 saturated heterocycles. The van der Waals surface area contributed by atoms with Gasteiger partial charge in [0.1, 0.15) is 5.75 Å². The third kappa shape index (κ3) is 2.58. The second-order valence-electron chi connectivity index (χ2n) is 4.03. The fourth-order valence-corrected chi connectivity index (χ4v) is 1.70. The van der Waals surface area contributed by atoms with E-state index in [-0.39, 0.29) is 0 Å². The Kier molecular flexibility index (Phi) is 3.32. The summed E-state index contributed by atoms with van der Waals surface area (Å²) < 4.78 is 5.31. The molecule has 2 N–H and O–H groups in total. The van der Waals surface area contributed by atoms with Crippen LogP contribution in [-0.4, -0.2) is 17.1 Å². The van der Waals surface area contributed by atoms with E-state index >= 15 is 0 Å². The van der Waals surface area contributed by atoms with Gasteiger partial charge in [-0.05, 0) is 31.5 Å². The highest BCUT2D eigenvalue weighted by Crippen LogP contribution is 2.25. The summed E-state index contributed by atoms with van der Waals surface area (Å²) in [4.78, 5) is 7.31. The lowest BCUT2D eigenvalue weighted by Crippen LogP contribution is -2.03. The van der Waals surface area contributed by atoms with Crippen molar-refractivity contribution in [3.05, 3.63) is 41.5 Å². The van der Waals surface area contributed by atoms with Gasteiger partial charge in [0.15, 0.2) is 0 Å². The molecule has 90 valence electrons. The Morgan fingerprint density at radius 2 is 2.18 bits per heavy atom. The van der Waals surface area contributed by atoms with Crippen molar-refractivity contribution in [1.29, 1.82) is 0 Å². The topological polar surface area (TPSA) is 49.9 Å². The third-order valence-corrected chi connectivity index (χ3v) is 2.74. The molecule has 0 amide bonds. The van der Waals surface area contributed by atoms with E-state index in [1.807, 2.05) is 19.1 Å². The van der Waals surface area contributed by atoms with Crippen molar-refractivity contribution in [3.8, 4) is 5.75 Å². The molecule has 0 spiro atoms. The molecular weight excluding hydrogens is 214 g/mol. The first kappa shape index (κ1) is 11.5. The molecule has 0 aliphatic rings. The molecule has 0 fully saturated rings. The van der Waals surface area contributed by atoms with Crippen molar-refractivity contribution in [2.24, 2.45) is 0 Å². The zero-order chi connectivity index (χ0) is 12.3. The number of aryl methyl sites for hydroxylation is 2. The van der Waals surface area contributed by atoms with Crippen LogP contribution in [0.2, 0.25) is 0 Å². The van der Waals surface area contributed by atoms with Gasteiger partial charge in [0.05, 0.1) is 31.4 Å². The maximum absolute atomic E-state index is 5.31. The molecule has 0 aliphatic heterocycles. The van der Waals surface area contributed by atoms with E-state index in [9.17, 15) is 0 Å². The van der Waals surface area contributed by atoms with Crippen molar-refractivity contribution < 1.29 is 4.74 Å². The summed E-state index contributed by atoms with van der Waals surface area (Å²) in [5.41, 5.74) is 4.31. The van der Waals surface area contributed by atoms with Crippen LogP contribution in [0.4, 0.5) is 5.69 Å². The van der Waals surface area contributed by atoms with Crippen LogP contribution in [0.5, 0.6) is 5.75 Å². The SMILES string of the molecule is COc1ccc(C)cc1NCc1nc[nH]c1C. The Labute approximate surface area is 101 Å². The first-order valence-corrected chi connectivity index (χ1v) is 5.58. The zero-order valence-electron chi connectivity index (χ0n) is 10.4. The molecule has 4 nitrogen and oxygen atoms in total. The molecule has 1 heterocycles. The molecule has 0 radical (unpaired) electrons. The average molecular weight is 231 g/mol. The van der Waals surface area contributed by atoms with E-state index in [4.69, 9.17) is 4.74 Å². The van der Waals surface area contributed by atoms with Gasteiger partial charge in [-0.1, -0.05) is 6.07 Å². The molecular formula is C13H17N3O. The summed E-state index contributed by atoms with van der Waals surface area (Å²) in [6.07, 6.45) is 1.71. The smallest absolute Gasteiger partial charge is 0.141 e. The maximum atomic E-state index is 5.31. The summed E-state index contributed by atoms with van der Waals surface area (Å²) in [6, 6.07) is 6.07. The minimum absolute atomic E-state index is 0.690. The van der Waals surface area contributed by atoms with E-state index in [1.165, 1.54) is 5.56 Å². The van der Waals surface area contributed by atoms with Crippen molar-refractivity contribution in [2.75, 3.05) is 12.4 Å². The Hall–Kier alpha value is -1.97. The van der Waals surface area contributed by atoms with Crippen LogP contribution >= 0.6 is 0 Å². The van der Waals surface area contributed by atoms with E-state index in [0.29, 0.717) is 6.54 Å². The molecule has 2 rings (SSSR count). The summed E-state index contributed by atoms with van der Waals surface area (Å²) in [6.45, 7) is 4.76. The van der Waals surface area contributed by atoms with Crippen molar-refractivity contribution >= 4 is 5.69 Å². The monoisotopic (exact) mass is 231 g/mol. The predicted molar refractivity (Wildman–Crippen MR) is 68.4 cm³/mol. The number of methoxy groups -OCH3 is 1. The molecule has 17 heavy (non-hydrogen) atoms. The normalized spacial score (nSPS) is 10.3. The second kappa shape index (κ2) is 4.91. The number of rotatable bonds is 4. The van der Waals surface area contributed by atoms with Crippen LogP contribution in [-0.2, 0) is 6.54 Å². The predicted octanol–water partition coefficient (Wildman–Crippen LogP) is 2.65. The van der Waals surface area contributed by atoms with Gasteiger partial charge in [-0.3, -0.25) is 0 Å². The summed E-state index contributed by atoms with van der Waals surface area (Å²) in [5.74, 6) is 0.851. The molecule has 0 aliphatic carbocycles. The number of ether oxygens (including phenoxy) is 1. The minimum Gasteiger partial charge on any atom is -0.495 e. The van der Waals surface area contributed by atoms with Crippen molar-refractivity contribution in [3.63, 3.8) is 0 Å². The van der Waals surface area contributed by atoms with Crippen LogP contribution < -0.4 is 10.1 Å². The average Bonchev–Trinajstić information content (AvgIpc) is 2.72. The highest BCUT2D eigenvalue weighted by molar-refractivity contribution is 5.58. The summed E-state index contributed by atoms with van der Waals surface area (Å²) >= 11 is 0. The van der Waals surface area contributed by atoms with E-state index in [1.54, 1.807) is 13.4 Å². The lowest BCUT2D eigenvalue weighted by Gasteiger charge is -2.11. The standard InChI is InChI=1S/C13H17N3O/c1-9-4-5-13(17-3)11(6-9)14-7-12-10(2)15-8-16-12/h4-6,8,14H,7H2,1-3H3,(H,15,16). The number of aromatic nitrogens is 2. The van der Waals surface area contributed by atoms with Crippen LogP contribution in [0.1, 0.15) is 17.0 Å². The Balaban J connectivity index is 2.13. The van der Waals surface area contributed by atoms with E-state index < -0.39 is 0 Å². The van der Waals surface area contributed by atoms with Gasteiger partial charge in [0.25, 0.3) is 0 Å². The Morgan fingerprint density at radius 1 is 1.35 bits per heavy atom. The van der Waals surface area contributed by atoms with Gasteiger partial charge < -0.3 is 15.0 Å². The highest BCUT2D eigenvalue weighted by Gasteiger charge is 2.05. The number of anilines is 1. The van der Waals surface area contributed by atoms with Crippen molar-refractivity contribution in [1.82, 2.24) is 9.97 Å². The Morgan fingerprint density at radius 3 is 2.82 bits per heavy atom. The Bertz CT molecular complexity index is 505. The summed E-state index contributed by atoms with van der Waals surface area (Å²) in [7, 11) is 1.68. The molecule has 2 aromatic rings. The summed E-state index contributed by atoms with van der Waals surface area (Å²) in [5, 5.41) is 3.34. The molecule has 1 aromatic heterocycles. The van der Waals surface area contributed by atoms with Gasteiger partial charge >= 0.3 is 0 Å². The first-order chi connectivity index (χ1) is 8.20. The maximum Gasteiger partial charge on any atom is 0.141 e. The number of H-pyrrole nitrogens is 1. The van der Waals surface area contributed by atoms with Gasteiger partial charge in [0, 0.05) is 5.69 Å². The highest BCUT2D eigenvalue weighted by atomic mass is 16.5. The van der Waals surface area contributed by atoms with Gasteiger partial charge in [-0.15, -0.1) is 0 Å². The number of nitrogens with zero attached hydrogens (tertiary/aromatic N) is 1. The number of aromatic amines is 1. The van der Waals surface area contributed by atoms with Gasteiger partial charge in [-0.25, -0.2) is 4.98 Å². The van der Waals surface area contributed by atoms with E-state index in [0.717, 1.165) is 22.8 Å². The molecule has 0 atom stereocenters. The number of benzene rings is 1. The molecule has 0 bridgehead atoms. The molecule has 0 saturated carbocycles. The number of hydrogen-bond acceptors (Lipinski definition) is 3. The number of imidazole rings is 1. The second-order valence-corrected chi connectivity index (χ2v) is 4.03. The van der Waals surface area contributed by atoms with Gasteiger partial charge in [0.2, 0.25) is 0 Å². The quantitative estimate of drug-likeness (QED) is 0.850. The number of nitrogens with one attached hydrogen (secondary N) is 2. The van der Waals surface area contributed by atoms with Crippen LogP contribution in [0.3, 0.4) is 0 Å². The molecule has 0 unspecified atom stereocenters. The lowest BCUT2D eigenvalue weighted by atomic mass is 10.2. The molecule has 4 heteroatoms. The fourth-order valence-electron chi connectivity index (χ4n) is 1.70. The third-order valence-electron chi connectivity index (χ3n) is 2.74. The molecule has 1 aromatic carbocycles. The largest absolute Gasteiger partial charge is 0.495 e. The number of hydrogen-bond donors (Lipinski definition) is 2. The van der Waals surface area contributed by atoms with Crippen molar-refractivity contribution in [2.45, 2.75) is 20.4 Å². The van der Waals surface area contributed by atoms with Gasteiger partial charge in [-0.2, -0.15) is 0 Å². The van der Waals surface area contributed by atoms with Crippen LogP contribution in [0.25, 0.3) is 0 Å². The zero-order valence-corrected chi connectivity index (χ0v) is 10.4. The van der Waals surface area contributed by atoms with E-state index in [2.05, 4.69) is 28.3 Å². The van der Waals surface area contributed by atoms with Crippen LogP contribution in [0.15, 0.2) is 24.5 Å². The first-order valence-electron chi connectivity index (χ1n) is 5.58. The lowest BCUT2D eigenvalue weighted by molar-refractivity contribution is 0.416. The minimum atomic E-state index is 0.690. The fraction of sp³-hybridized carbons (Fsp3) is 0.308. The van der Waals surface area contributed by atoms with Crippen LogP contribution in [0, 0.1) is 13.8 Å².